The van der Waals surface area contributed by atoms with E-state index in [0.29, 0.717) is 23.4 Å². The van der Waals surface area contributed by atoms with Crippen LogP contribution in [0.25, 0.3) is 11.0 Å². The summed E-state index contributed by atoms with van der Waals surface area (Å²) in [5, 5.41) is 6.33. The van der Waals surface area contributed by atoms with Crippen molar-refractivity contribution in [3.8, 4) is 0 Å². The normalized spacial score (nSPS) is 11.2. The van der Waals surface area contributed by atoms with E-state index in [1.807, 2.05) is 25.1 Å². The van der Waals surface area contributed by atoms with Crippen LogP contribution in [0.15, 0.2) is 57.7 Å². The van der Waals surface area contributed by atoms with Crippen LogP contribution >= 0.6 is 0 Å². The zero-order chi connectivity index (χ0) is 22.6. The lowest BCUT2D eigenvalue weighted by molar-refractivity contribution is -0.116. The van der Waals surface area contributed by atoms with Crippen LogP contribution in [0.3, 0.4) is 0 Å². The van der Waals surface area contributed by atoms with Crippen molar-refractivity contribution in [3.05, 3.63) is 70.1 Å². The lowest BCUT2D eigenvalue weighted by Crippen LogP contribution is -2.27. The van der Waals surface area contributed by atoms with Gasteiger partial charge in [0.2, 0.25) is 5.91 Å². The maximum absolute atomic E-state index is 12.3. The number of fused-ring (bicyclic) bond motifs is 1. The van der Waals surface area contributed by atoms with E-state index in [0.717, 1.165) is 16.5 Å². The molecule has 0 atom stereocenters. The number of rotatable bonds is 5. The van der Waals surface area contributed by atoms with Gasteiger partial charge in [0.15, 0.2) is 0 Å². The quantitative estimate of drug-likeness (QED) is 0.563. The van der Waals surface area contributed by atoms with Crippen molar-refractivity contribution >= 4 is 34.3 Å². The largest absolute Gasteiger partial charge is 0.444 e. The minimum atomic E-state index is -0.563. The van der Waals surface area contributed by atoms with Gasteiger partial charge in [-0.25, -0.2) is 9.59 Å². The second-order valence-electron chi connectivity index (χ2n) is 8.33. The number of anilines is 2. The van der Waals surface area contributed by atoms with Gasteiger partial charge in [-0.15, -0.1) is 0 Å². The number of carbonyl (C=O) groups excluding carboxylic acids is 2. The summed E-state index contributed by atoms with van der Waals surface area (Å²) in [4.78, 5) is 35.7. The van der Waals surface area contributed by atoms with Crippen LogP contribution in [0.5, 0.6) is 0 Å². The van der Waals surface area contributed by atoms with Crippen LogP contribution in [-0.2, 0) is 16.0 Å². The number of nitrogens with one attached hydrogen (secondary N) is 2. The summed E-state index contributed by atoms with van der Waals surface area (Å²) in [6.45, 7) is 7.24. The molecule has 0 radical (unpaired) electrons. The first-order valence-corrected chi connectivity index (χ1v) is 10.0. The van der Waals surface area contributed by atoms with E-state index in [4.69, 9.17) is 9.15 Å². The zero-order valence-electron chi connectivity index (χ0n) is 18.1. The van der Waals surface area contributed by atoms with Crippen LogP contribution in [0.4, 0.5) is 16.2 Å². The van der Waals surface area contributed by atoms with Crippen molar-refractivity contribution in [2.75, 3.05) is 10.6 Å². The maximum atomic E-state index is 12.3. The van der Waals surface area contributed by atoms with Crippen molar-refractivity contribution < 1.29 is 18.7 Å². The third kappa shape index (κ3) is 6.44. The van der Waals surface area contributed by atoms with Crippen LogP contribution in [-0.4, -0.2) is 17.6 Å². The van der Waals surface area contributed by atoms with E-state index in [-0.39, 0.29) is 12.3 Å². The van der Waals surface area contributed by atoms with Crippen molar-refractivity contribution in [2.45, 2.75) is 46.1 Å². The summed E-state index contributed by atoms with van der Waals surface area (Å²) >= 11 is 0. The van der Waals surface area contributed by atoms with E-state index in [9.17, 15) is 14.4 Å². The fourth-order valence-corrected chi connectivity index (χ4v) is 3.06. The number of ether oxygens (including phenoxy) is 1. The van der Waals surface area contributed by atoms with Crippen LogP contribution in [0, 0.1) is 6.92 Å². The molecule has 2 aromatic carbocycles. The Morgan fingerprint density at radius 2 is 1.65 bits per heavy atom. The van der Waals surface area contributed by atoms with Crippen LogP contribution in [0.2, 0.25) is 0 Å². The summed E-state index contributed by atoms with van der Waals surface area (Å²) in [5.74, 6) is -0.148. The molecular formula is C24H26N2O5. The molecule has 0 saturated carbocycles. The third-order valence-corrected chi connectivity index (χ3v) is 4.48. The van der Waals surface area contributed by atoms with Gasteiger partial charge in [0.1, 0.15) is 11.2 Å². The Labute approximate surface area is 180 Å². The van der Waals surface area contributed by atoms with Crippen molar-refractivity contribution in [1.82, 2.24) is 0 Å². The number of hydrogen-bond donors (Lipinski definition) is 2. The highest BCUT2D eigenvalue weighted by Crippen LogP contribution is 2.21. The van der Waals surface area contributed by atoms with E-state index in [2.05, 4.69) is 10.6 Å². The average Bonchev–Trinajstić information content (AvgIpc) is 2.65. The van der Waals surface area contributed by atoms with Gasteiger partial charge in [0.05, 0.1) is 0 Å². The fraction of sp³-hybridized carbons (Fsp3) is 0.292. The molecule has 3 rings (SSSR count). The van der Waals surface area contributed by atoms with Gasteiger partial charge in [-0.05, 0) is 69.5 Å². The molecule has 0 aliphatic carbocycles. The molecule has 0 aliphatic heterocycles. The van der Waals surface area contributed by atoms with E-state index >= 15 is 0 Å². The Hall–Kier alpha value is -3.61. The molecule has 0 bridgehead atoms. The summed E-state index contributed by atoms with van der Waals surface area (Å²) in [5.41, 5.74) is 2.44. The predicted octanol–water partition coefficient (Wildman–Crippen LogP) is 5.02. The number of hydrogen-bond acceptors (Lipinski definition) is 5. The first-order chi connectivity index (χ1) is 14.6. The monoisotopic (exact) mass is 422 g/mol. The molecule has 0 unspecified atom stereocenters. The van der Waals surface area contributed by atoms with Gasteiger partial charge >= 0.3 is 11.7 Å². The highest BCUT2D eigenvalue weighted by atomic mass is 16.6. The molecular weight excluding hydrogens is 396 g/mol. The van der Waals surface area contributed by atoms with E-state index < -0.39 is 17.3 Å². The molecule has 0 spiro atoms. The van der Waals surface area contributed by atoms with E-state index in [1.54, 1.807) is 45.0 Å². The zero-order valence-corrected chi connectivity index (χ0v) is 18.1. The Kier molecular flexibility index (Phi) is 6.44. The van der Waals surface area contributed by atoms with Crippen LogP contribution < -0.4 is 16.3 Å². The molecule has 7 heteroatoms. The van der Waals surface area contributed by atoms with Crippen molar-refractivity contribution in [2.24, 2.45) is 0 Å². The molecule has 2 amide bonds. The molecule has 0 saturated heterocycles. The van der Waals surface area contributed by atoms with Gasteiger partial charge < -0.3 is 14.5 Å². The highest BCUT2D eigenvalue weighted by molar-refractivity contribution is 5.93. The average molecular weight is 422 g/mol. The standard InChI is InChI=1S/C24H26N2O5/c1-15-13-22(28)30-20-14-18(10-11-19(15)20)25-21(27)12-7-16-5-8-17(9-6-16)26-23(29)31-24(2,3)4/h5-6,8-11,13-14H,7,12H2,1-4H3,(H,25,27)(H,26,29). The Morgan fingerprint density at radius 1 is 0.968 bits per heavy atom. The summed E-state index contributed by atoms with van der Waals surface area (Å²) in [6, 6.07) is 13.9. The first-order valence-electron chi connectivity index (χ1n) is 10.0. The second-order valence-corrected chi connectivity index (χ2v) is 8.33. The van der Waals surface area contributed by atoms with Gasteiger partial charge in [0, 0.05) is 35.3 Å². The lowest BCUT2D eigenvalue weighted by atomic mass is 10.1. The molecule has 7 nitrogen and oxygen atoms in total. The third-order valence-electron chi connectivity index (χ3n) is 4.48. The highest BCUT2D eigenvalue weighted by Gasteiger charge is 2.16. The maximum Gasteiger partial charge on any atom is 0.412 e. The van der Waals surface area contributed by atoms with Gasteiger partial charge in [-0.3, -0.25) is 10.1 Å². The summed E-state index contributed by atoms with van der Waals surface area (Å²) in [6.07, 6.45) is 0.315. The molecule has 162 valence electrons. The molecule has 0 aliphatic rings. The Morgan fingerprint density at radius 3 is 2.32 bits per heavy atom. The number of benzene rings is 2. The number of amides is 2. The van der Waals surface area contributed by atoms with Crippen LogP contribution in [0.1, 0.15) is 38.3 Å². The molecule has 0 fully saturated rings. The molecule has 3 aromatic rings. The number of carbonyl (C=O) groups is 2. The molecule has 2 N–H and O–H groups in total. The Balaban J connectivity index is 1.54. The van der Waals surface area contributed by atoms with Gasteiger partial charge in [-0.2, -0.15) is 0 Å². The molecule has 1 aromatic heterocycles. The fourth-order valence-electron chi connectivity index (χ4n) is 3.06. The minimum absolute atomic E-state index is 0.148. The summed E-state index contributed by atoms with van der Waals surface area (Å²) in [7, 11) is 0. The van der Waals surface area contributed by atoms with Gasteiger partial charge in [0.25, 0.3) is 0 Å². The predicted molar refractivity (Wildman–Crippen MR) is 120 cm³/mol. The Bertz CT molecular complexity index is 1160. The minimum Gasteiger partial charge on any atom is -0.444 e. The lowest BCUT2D eigenvalue weighted by Gasteiger charge is -2.19. The first kappa shape index (κ1) is 22.1. The smallest absolute Gasteiger partial charge is 0.412 e. The van der Waals surface area contributed by atoms with Crippen molar-refractivity contribution in [1.29, 1.82) is 0 Å². The van der Waals surface area contributed by atoms with E-state index in [1.165, 1.54) is 6.07 Å². The molecule has 1 heterocycles. The SMILES string of the molecule is Cc1cc(=O)oc2cc(NC(=O)CCc3ccc(NC(=O)OC(C)(C)C)cc3)ccc12. The second kappa shape index (κ2) is 9.04. The molecule has 31 heavy (non-hydrogen) atoms. The topological polar surface area (TPSA) is 97.6 Å². The summed E-state index contributed by atoms with van der Waals surface area (Å²) < 4.78 is 10.4. The van der Waals surface area contributed by atoms with Gasteiger partial charge in [-0.1, -0.05) is 12.1 Å². The number of aryl methyl sites for hydroxylation is 2. The van der Waals surface area contributed by atoms with Crippen molar-refractivity contribution in [3.63, 3.8) is 0 Å².